The number of anilines is 1. The van der Waals surface area contributed by atoms with E-state index in [1.54, 1.807) is 11.2 Å². The molecule has 0 aliphatic carbocycles. The van der Waals surface area contributed by atoms with Gasteiger partial charge in [0.05, 0.1) is 5.39 Å². The number of fused-ring (bicyclic) bond motifs is 1. The second-order valence-electron chi connectivity index (χ2n) is 7.03. The molecular formula is C16H22IN5O2. The van der Waals surface area contributed by atoms with E-state index in [1.165, 1.54) is 0 Å². The average Bonchev–Trinajstić information content (AvgIpc) is 2.87. The highest BCUT2D eigenvalue weighted by molar-refractivity contribution is 14.1. The predicted molar refractivity (Wildman–Crippen MR) is 101 cm³/mol. The van der Waals surface area contributed by atoms with Gasteiger partial charge >= 0.3 is 6.09 Å². The van der Waals surface area contributed by atoms with Gasteiger partial charge in [0, 0.05) is 35.4 Å². The summed E-state index contributed by atoms with van der Waals surface area (Å²) in [4.78, 5) is 28.2. The Morgan fingerprint density at radius 1 is 1.38 bits per heavy atom. The monoisotopic (exact) mass is 443 g/mol. The molecular weight excluding hydrogens is 421 g/mol. The topological polar surface area (TPSA) is 74.3 Å². The van der Waals surface area contributed by atoms with Gasteiger partial charge in [0.15, 0.2) is 0 Å². The lowest BCUT2D eigenvalue weighted by Gasteiger charge is -2.40. The fourth-order valence-corrected chi connectivity index (χ4v) is 3.54. The molecule has 8 heteroatoms. The molecule has 2 aromatic rings. The third kappa shape index (κ3) is 3.42. The smallest absolute Gasteiger partial charge is 0.410 e. The molecule has 0 spiro atoms. The number of aromatic amines is 1. The highest BCUT2D eigenvalue weighted by Gasteiger charge is 2.31. The first kappa shape index (κ1) is 17.2. The van der Waals surface area contributed by atoms with Gasteiger partial charge in [-0.2, -0.15) is 0 Å². The van der Waals surface area contributed by atoms with E-state index in [4.69, 9.17) is 4.74 Å². The molecule has 24 heavy (non-hydrogen) atoms. The van der Waals surface area contributed by atoms with Crippen molar-refractivity contribution in [3.05, 3.63) is 16.1 Å². The number of amides is 1. The SMILES string of the molecule is CC1CN(C(=O)OC(C)(C)C)CCN1c1ncnc2[nH]cc(I)c12. The van der Waals surface area contributed by atoms with Gasteiger partial charge in [0.2, 0.25) is 0 Å². The average molecular weight is 443 g/mol. The molecule has 0 aromatic carbocycles. The van der Waals surface area contributed by atoms with Crippen LogP contribution in [0.25, 0.3) is 11.0 Å². The van der Waals surface area contributed by atoms with E-state index in [-0.39, 0.29) is 12.1 Å². The summed E-state index contributed by atoms with van der Waals surface area (Å²) in [6.45, 7) is 9.70. The van der Waals surface area contributed by atoms with E-state index in [0.29, 0.717) is 19.6 Å². The Morgan fingerprint density at radius 2 is 2.12 bits per heavy atom. The van der Waals surface area contributed by atoms with Crippen molar-refractivity contribution >= 4 is 45.5 Å². The summed E-state index contributed by atoms with van der Waals surface area (Å²) in [5, 5.41) is 1.04. The second kappa shape index (κ2) is 6.38. The maximum Gasteiger partial charge on any atom is 0.410 e. The Balaban J connectivity index is 1.79. The van der Waals surface area contributed by atoms with Crippen molar-refractivity contribution in [2.75, 3.05) is 24.5 Å². The largest absolute Gasteiger partial charge is 0.444 e. The first-order valence-electron chi connectivity index (χ1n) is 7.98. The number of carbonyl (C=O) groups excluding carboxylic acids is 1. The minimum Gasteiger partial charge on any atom is -0.444 e. The van der Waals surface area contributed by atoms with E-state index in [1.807, 2.05) is 27.0 Å². The van der Waals surface area contributed by atoms with Crippen molar-refractivity contribution in [3.8, 4) is 0 Å². The van der Waals surface area contributed by atoms with Crippen LogP contribution in [0, 0.1) is 3.57 Å². The fourth-order valence-electron chi connectivity index (χ4n) is 2.89. The Hall–Kier alpha value is -1.58. The summed E-state index contributed by atoms with van der Waals surface area (Å²) < 4.78 is 6.58. The molecule has 1 aliphatic heterocycles. The first-order chi connectivity index (χ1) is 11.3. The molecule has 1 unspecified atom stereocenters. The van der Waals surface area contributed by atoms with E-state index in [0.717, 1.165) is 20.4 Å². The Kier molecular flexibility index (Phi) is 4.58. The van der Waals surface area contributed by atoms with Crippen LogP contribution in [0.1, 0.15) is 27.7 Å². The van der Waals surface area contributed by atoms with Gasteiger partial charge in [-0.3, -0.25) is 0 Å². The molecule has 3 rings (SSSR count). The van der Waals surface area contributed by atoms with E-state index >= 15 is 0 Å². The van der Waals surface area contributed by atoms with Crippen molar-refractivity contribution in [2.24, 2.45) is 0 Å². The van der Waals surface area contributed by atoms with Crippen molar-refractivity contribution in [3.63, 3.8) is 0 Å². The summed E-state index contributed by atoms with van der Waals surface area (Å²) in [5.41, 5.74) is 0.364. The van der Waals surface area contributed by atoms with Crippen molar-refractivity contribution in [1.82, 2.24) is 19.9 Å². The third-order valence-corrected chi connectivity index (χ3v) is 4.80. The summed E-state index contributed by atoms with van der Waals surface area (Å²) in [7, 11) is 0. The van der Waals surface area contributed by atoms with Gasteiger partial charge in [-0.05, 0) is 50.3 Å². The number of hydrogen-bond donors (Lipinski definition) is 1. The van der Waals surface area contributed by atoms with Crippen LogP contribution in [-0.2, 0) is 4.74 Å². The number of piperazine rings is 1. The molecule has 0 saturated carbocycles. The molecule has 0 bridgehead atoms. The maximum atomic E-state index is 12.3. The van der Waals surface area contributed by atoms with Crippen molar-refractivity contribution < 1.29 is 9.53 Å². The zero-order valence-corrected chi connectivity index (χ0v) is 16.5. The summed E-state index contributed by atoms with van der Waals surface area (Å²) >= 11 is 2.29. The number of rotatable bonds is 1. The standard InChI is InChI=1S/C16H22IN5O2/c1-10-8-21(15(23)24-16(2,3)4)5-6-22(10)14-12-11(17)7-18-13(12)19-9-20-14/h7,9-10H,5-6,8H2,1-4H3,(H,18,19,20). The Bertz CT molecular complexity index is 754. The lowest BCUT2D eigenvalue weighted by atomic mass is 10.1. The zero-order valence-electron chi connectivity index (χ0n) is 14.3. The van der Waals surface area contributed by atoms with Crippen molar-refractivity contribution in [1.29, 1.82) is 0 Å². The summed E-state index contributed by atoms with van der Waals surface area (Å²) in [6.07, 6.45) is 3.26. The number of halogens is 1. The highest BCUT2D eigenvalue weighted by atomic mass is 127. The number of ether oxygens (including phenoxy) is 1. The normalized spacial score (nSPS) is 19.0. The molecule has 1 amide bonds. The lowest BCUT2D eigenvalue weighted by Crippen LogP contribution is -2.54. The van der Waals surface area contributed by atoms with Gasteiger partial charge in [-0.15, -0.1) is 0 Å². The van der Waals surface area contributed by atoms with Gasteiger partial charge < -0.3 is 19.5 Å². The number of carbonyl (C=O) groups is 1. The molecule has 130 valence electrons. The van der Waals surface area contributed by atoms with Crippen LogP contribution in [0.15, 0.2) is 12.5 Å². The molecule has 0 radical (unpaired) electrons. The van der Waals surface area contributed by atoms with Crippen LogP contribution >= 0.6 is 22.6 Å². The molecule has 1 N–H and O–H groups in total. The highest BCUT2D eigenvalue weighted by Crippen LogP contribution is 2.29. The van der Waals surface area contributed by atoms with Crippen LogP contribution in [0.4, 0.5) is 10.6 Å². The van der Waals surface area contributed by atoms with Crippen LogP contribution < -0.4 is 4.90 Å². The van der Waals surface area contributed by atoms with E-state index in [2.05, 4.69) is 49.4 Å². The van der Waals surface area contributed by atoms with Crippen LogP contribution in [0.2, 0.25) is 0 Å². The van der Waals surface area contributed by atoms with E-state index < -0.39 is 5.60 Å². The van der Waals surface area contributed by atoms with Gasteiger partial charge in [0.1, 0.15) is 23.4 Å². The van der Waals surface area contributed by atoms with Crippen molar-refractivity contribution in [2.45, 2.75) is 39.3 Å². The van der Waals surface area contributed by atoms with Gasteiger partial charge in [0.25, 0.3) is 0 Å². The number of nitrogens with one attached hydrogen (secondary N) is 1. The molecule has 1 aliphatic rings. The predicted octanol–water partition coefficient (Wildman–Crippen LogP) is 3.01. The molecule has 3 heterocycles. The molecule has 1 saturated heterocycles. The number of hydrogen-bond acceptors (Lipinski definition) is 5. The Labute approximate surface area is 154 Å². The third-order valence-electron chi connectivity index (χ3n) is 3.95. The molecule has 1 atom stereocenters. The molecule has 7 nitrogen and oxygen atoms in total. The van der Waals surface area contributed by atoms with Crippen LogP contribution in [0.3, 0.4) is 0 Å². The van der Waals surface area contributed by atoms with Crippen LogP contribution in [0.5, 0.6) is 0 Å². The molecule has 1 fully saturated rings. The molecule has 2 aromatic heterocycles. The first-order valence-corrected chi connectivity index (χ1v) is 9.06. The van der Waals surface area contributed by atoms with Gasteiger partial charge in [-0.1, -0.05) is 0 Å². The second-order valence-corrected chi connectivity index (χ2v) is 8.19. The minimum absolute atomic E-state index is 0.148. The quantitative estimate of drug-likeness (QED) is 0.687. The summed E-state index contributed by atoms with van der Waals surface area (Å²) in [5.74, 6) is 0.919. The number of H-pyrrole nitrogens is 1. The maximum absolute atomic E-state index is 12.3. The minimum atomic E-state index is -0.475. The summed E-state index contributed by atoms with van der Waals surface area (Å²) in [6, 6.07) is 0.148. The fraction of sp³-hybridized carbons (Fsp3) is 0.562. The van der Waals surface area contributed by atoms with Gasteiger partial charge in [-0.25, -0.2) is 14.8 Å². The lowest BCUT2D eigenvalue weighted by molar-refractivity contribution is 0.0218. The zero-order chi connectivity index (χ0) is 17.5. The van der Waals surface area contributed by atoms with Crippen LogP contribution in [-0.4, -0.2) is 57.2 Å². The number of nitrogens with zero attached hydrogens (tertiary/aromatic N) is 4. The van der Waals surface area contributed by atoms with E-state index in [9.17, 15) is 4.79 Å². The Morgan fingerprint density at radius 3 is 2.79 bits per heavy atom. The number of aromatic nitrogens is 3.